The van der Waals surface area contributed by atoms with Crippen LogP contribution >= 0.6 is 0 Å². The van der Waals surface area contributed by atoms with Crippen molar-refractivity contribution in [1.82, 2.24) is 14.5 Å². The van der Waals surface area contributed by atoms with E-state index in [-0.39, 0.29) is 41.4 Å². The van der Waals surface area contributed by atoms with Crippen molar-refractivity contribution in [1.29, 1.82) is 0 Å². The summed E-state index contributed by atoms with van der Waals surface area (Å²) in [5.74, 6) is -1.88. The topological polar surface area (TPSA) is 114 Å². The van der Waals surface area contributed by atoms with Crippen LogP contribution in [0.3, 0.4) is 0 Å². The molecule has 0 fully saturated rings. The second-order valence-corrected chi connectivity index (χ2v) is 16.4. The summed E-state index contributed by atoms with van der Waals surface area (Å²) >= 11 is 0. The quantitative estimate of drug-likeness (QED) is 0.197. The van der Waals surface area contributed by atoms with E-state index in [0.717, 1.165) is 11.1 Å². The highest BCUT2D eigenvalue weighted by Crippen LogP contribution is 2.41. The summed E-state index contributed by atoms with van der Waals surface area (Å²) in [6.45, 7) is 5.96. The van der Waals surface area contributed by atoms with Gasteiger partial charge in [-0.2, -0.15) is 0 Å². The molecular weight excluding hydrogens is 648 g/mol. The van der Waals surface area contributed by atoms with Gasteiger partial charge in [0.2, 0.25) is 0 Å². The number of fused-ring (bicyclic) bond motifs is 8. The molecule has 3 heterocycles. The van der Waals surface area contributed by atoms with Gasteiger partial charge in [-0.05, 0) is 73.4 Å². The number of nitrogens with one attached hydrogen (secondary N) is 1. The van der Waals surface area contributed by atoms with E-state index in [0.29, 0.717) is 53.7 Å². The highest BCUT2D eigenvalue weighted by atomic mass is 32.2. The minimum absolute atomic E-state index is 0.00130. The Bertz CT molecular complexity index is 2150. The van der Waals surface area contributed by atoms with Crippen LogP contribution in [0.2, 0.25) is 0 Å². The maximum atomic E-state index is 15.7. The zero-order chi connectivity index (χ0) is 35.1. The molecule has 4 bridgehead atoms. The lowest BCUT2D eigenvalue weighted by molar-refractivity contribution is -0.136. The number of aryl methyl sites for hydroxylation is 3. The molecule has 1 atom stereocenters. The number of hydrogen-bond donors (Lipinski definition) is 2. The van der Waals surface area contributed by atoms with E-state index < -0.39 is 38.3 Å². The molecule has 0 spiro atoms. The second kappa shape index (κ2) is 13.1. The van der Waals surface area contributed by atoms with Crippen LogP contribution in [0.1, 0.15) is 68.8 Å². The Balaban J connectivity index is 1.50. The number of hydrogen-bond acceptors (Lipinski definition) is 5. The Hall–Kier alpha value is -4.51. The Labute approximate surface area is 285 Å². The summed E-state index contributed by atoms with van der Waals surface area (Å²) in [4.78, 5) is 19.3. The lowest BCUT2D eigenvalue weighted by Gasteiger charge is -2.31. The fraction of sp³-hybridized carbons (Fsp3) is 0.368. The molecule has 8 nitrogen and oxygen atoms in total. The van der Waals surface area contributed by atoms with E-state index in [4.69, 9.17) is 9.72 Å². The molecule has 1 unspecified atom stereocenters. The number of nitrogens with zero attached hydrogens (tertiary/aromatic N) is 2. The van der Waals surface area contributed by atoms with E-state index in [9.17, 15) is 18.3 Å². The number of imidazole rings is 1. The van der Waals surface area contributed by atoms with Gasteiger partial charge in [0.05, 0.1) is 22.8 Å². The average Bonchev–Trinajstić information content (AvgIpc) is 3.66. The van der Waals surface area contributed by atoms with E-state index >= 15 is 8.78 Å². The Morgan fingerprint density at radius 2 is 1.86 bits per heavy atom. The van der Waals surface area contributed by atoms with Crippen LogP contribution in [0.5, 0.6) is 11.5 Å². The van der Waals surface area contributed by atoms with Gasteiger partial charge in [-0.15, -0.1) is 0 Å². The van der Waals surface area contributed by atoms with Crippen molar-refractivity contribution in [3.05, 3.63) is 101 Å². The molecule has 258 valence electrons. The third-order valence-electron chi connectivity index (χ3n) is 9.70. The van der Waals surface area contributed by atoms with Crippen molar-refractivity contribution in [3.8, 4) is 22.9 Å². The van der Waals surface area contributed by atoms with Crippen LogP contribution in [0, 0.1) is 17.0 Å². The number of carboxylic acids is 1. The number of halogens is 2. The molecule has 0 radical (unpaired) electrons. The number of carbonyl (C=O) groups is 1. The van der Waals surface area contributed by atoms with Gasteiger partial charge in [0, 0.05) is 53.8 Å². The summed E-state index contributed by atoms with van der Waals surface area (Å²) in [6, 6.07) is 15.0. The first-order valence-electron chi connectivity index (χ1n) is 16.5. The van der Waals surface area contributed by atoms with Gasteiger partial charge in [-0.25, -0.2) is 22.2 Å². The second-order valence-electron chi connectivity index (χ2n) is 14.2. The Kier molecular flexibility index (Phi) is 9.17. The number of aliphatic carboxylic acids is 1. The van der Waals surface area contributed by atoms with Crippen molar-refractivity contribution in [2.24, 2.45) is 12.5 Å². The largest absolute Gasteiger partial charge is 0.481 e. The van der Waals surface area contributed by atoms with Gasteiger partial charge in [0.1, 0.15) is 17.4 Å². The number of rotatable bonds is 4. The lowest BCUT2D eigenvalue weighted by Crippen LogP contribution is -2.29. The van der Waals surface area contributed by atoms with Gasteiger partial charge in [0.15, 0.2) is 21.4 Å². The summed E-state index contributed by atoms with van der Waals surface area (Å²) < 4.78 is 66.3. The first-order chi connectivity index (χ1) is 23.1. The van der Waals surface area contributed by atoms with Gasteiger partial charge < -0.3 is 19.4 Å². The van der Waals surface area contributed by atoms with Crippen LogP contribution in [0.4, 0.5) is 8.78 Å². The van der Waals surface area contributed by atoms with Crippen LogP contribution in [0.25, 0.3) is 22.3 Å². The molecule has 0 aliphatic carbocycles. The smallest absolute Gasteiger partial charge is 0.303 e. The maximum absolute atomic E-state index is 15.7. The minimum Gasteiger partial charge on any atom is -0.481 e. The van der Waals surface area contributed by atoms with Gasteiger partial charge in [0.25, 0.3) is 0 Å². The SMILES string of the molecule is Cn1cc2nc1-c1cc(ccc1F)Oc1c(F)cc3[nH]ccc3c1CCS(=O)(=O)CC(C)(C)CCCC2(C)c1cccc(CCC(=O)O)c1. The normalized spacial score (nSPS) is 19.4. The summed E-state index contributed by atoms with van der Waals surface area (Å²) in [7, 11) is -1.79. The molecule has 3 aromatic carbocycles. The number of aromatic nitrogens is 3. The van der Waals surface area contributed by atoms with Crippen LogP contribution in [0.15, 0.2) is 67.0 Å². The molecule has 6 rings (SSSR count). The molecule has 49 heavy (non-hydrogen) atoms. The van der Waals surface area contributed by atoms with Crippen molar-refractivity contribution < 1.29 is 31.8 Å². The number of H-pyrrole nitrogens is 1. The molecule has 2 N–H and O–H groups in total. The number of sulfone groups is 1. The predicted octanol–water partition coefficient (Wildman–Crippen LogP) is 8.13. The standard InChI is InChI=1S/C38H41F2N3O5S/c1-37(2)15-6-16-38(3,25-8-5-7-24(19-25)9-12-34(44)45)33-22-43(4)36(42-33)29-20-26(10-11-30(29)39)48-35-28(14-18-49(46,47)23-37)27-13-17-41-32(27)21-31(35)40/h5,7-8,10-11,13,17,19-22,41H,6,9,12,14-16,18,23H2,1-4H3,(H,44,45). The highest BCUT2D eigenvalue weighted by molar-refractivity contribution is 7.91. The molecular formula is C38H41F2N3O5S. The van der Waals surface area contributed by atoms with E-state index in [1.54, 1.807) is 23.9 Å². The Morgan fingerprint density at radius 1 is 1.06 bits per heavy atom. The van der Waals surface area contributed by atoms with Crippen LogP contribution in [-0.2, 0) is 39.9 Å². The summed E-state index contributed by atoms with van der Waals surface area (Å²) in [5, 5.41) is 9.93. The summed E-state index contributed by atoms with van der Waals surface area (Å²) in [5.41, 5.74) is 2.37. The number of ether oxygens (including phenoxy) is 1. The molecule has 2 aromatic heterocycles. The fourth-order valence-corrected chi connectivity index (χ4v) is 9.08. The Morgan fingerprint density at radius 3 is 2.63 bits per heavy atom. The third-order valence-corrected chi connectivity index (χ3v) is 11.7. The number of benzene rings is 3. The highest BCUT2D eigenvalue weighted by Gasteiger charge is 2.35. The average molecular weight is 690 g/mol. The molecule has 0 saturated carbocycles. The molecule has 1 aliphatic heterocycles. The third kappa shape index (κ3) is 7.27. The zero-order valence-electron chi connectivity index (χ0n) is 28.1. The van der Waals surface area contributed by atoms with Gasteiger partial charge in [-0.3, -0.25) is 4.79 Å². The van der Waals surface area contributed by atoms with E-state index in [1.807, 2.05) is 44.3 Å². The first-order valence-corrected chi connectivity index (χ1v) is 18.3. The summed E-state index contributed by atoms with van der Waals surface area (Å²) in [6.07, 6.45) is 5.82. The minimum atomic E-state index is -3.58. The maximum Gasteiger partial charge on any atom is 0.303 e. The number of carboxylic acid groups (broad SMARTS) is 1. The first kappa shape index (κ1) is 34.4. The predicted molar refractivity (Wildman–Crippen MR) is 186 cm³/mol. The lowest BCUT2D eigenvalue weighted by atomic mass is 9.74. The van der Waals surface area contributed by atoms with E-state index in [2.05, 4.69) is 11.9 Å². The molecule has 5 aromatic rings. The van der Waals surface area contributed by atoms with Gasteiger partial charge >= 0.3 is 5.97 Å². The van der Waals surface area contributed by atoms with Gasteiger partial charge in [-0.1, -0.05) is 44.5 Å². The van der Waals surface area contributed by atoms with Crippen LogP contribution in [-0.4, -0.2) is 45.5 Å². The van der Waals surface area contributed by atoms with Crippen molar-refractivity contribution in [2.75, 3.05) is 11.5 Å². The molecule has 11 heteroatoms. The van der Waals surface area contributed by atoms with Crippen LogP contribution < -0.4 is 4.74 Å². The zero-order valence-corrected chi connectivity index (χ0v) is 29.0. The molecule has 1 aliphatic rings. The number of aromatic amines is 1. The van der Waals surface area contributed by atoms with Crippen molar-refractivity contribution in [2.45, 2.75) is 64.7 Å². The van der Waals surface area contributed by atoms with Crippen molar-refractivity contribution in [3.63, 3.8) is 0 Å². The molecule has 0 amide bonds. The van der Waals surface area contributed by atoms with E-state index in [1.165, 1.54) is 24.3 Å². The molecule has 0 saturated heterocycles. The van der Waals surface area contributed by atoms with Crippen molar-refractivity contribution >= 4 is 26.7 Å². The monoisotopic (exact) mass is 689 g/mol. The fourth-order valence-electron chi connectivity index (χ4n) is 7.08.